The average molecular weight is 376 g/mol. The van der Waals surface area contributed by atoms with Crippen LogP contribution in [0.25, 0.3) is 11.3 Å². The molecular formula is C19H20N8O. The fourth-order valence-corrected chi connectivity index (χ4v) is 3.91. The quantitative estimate of drug-likeness (QED) is 0.737. The number of anilines is 3. The van der Waals surface area contributed by atoms with Crippen LogP contribution in [-0.4, -0.2) is 50.1 Å². The Hall–Kier alpha value is -3.49. The van der Waals surface area contributed by atoms with Gasteiger partial charge >= 0.3 is 6.03 Å². The molecule has 28 heavy (non-hydrogen) atoms. The standard InChI is InChI=1S/C19H20N8O/c1-12-9-13(5-7-20-12)15-3-4-16-18(21-15)27(14-6-8-26(16)10-14)19(28)22-17-11-25(2)24-23-17/h3-5,7,9,11,14H,6,8,10H2,1-2H3,(H,22,28). The molecule has 1 unspecified atom stereocenters. The molecule has 1 atom stereocenters. The van der Waals surface area contributed by atoms with Crippen LogP contribution in [0.3, 0.4) is 0 Å². The molecule has 5 heterocycles. The van der Waals surface area contributed by atoms with E-state index in [2.05, 4.69) is 31.6 Å². The van der Waals surface area contributed by atoms with Crippen molar-refractivity contribution in [3.05, 3.63) is 42.4 Å². The predicted octanol–water partition coefficient (Wildman–Crippen LogP) is 2.21. The van der Waals surface area contributed by atoms with Crippen molar-refractivity contribution >= 4 is 23.4 Å². The van der Waals surface area contributed by atoms with Crippen molar-refractivity contribution in [3.63, 3.8) is 0 Å². The first-order chi connectivity index (χ1) is 13.6. The summed E-state index contributed by atoms with van der Waals surface area (Å²) in [5, 5.41) is 10.7. The summed E-state index contributed by atoms with van der Waals surface area (Å²) in [6.45, 7) is 3.69. The van der Waals surface area contributed by atoms with Crippen LogP contribution in [0.5, 0.6) is 0 Å². The van der Waals surface area contributed by atoms with E-state index in [1.165, 1.54) is 0 Å². The second-order valence-electron chi connectivity index (χ2n) is 7.19. The van der Waals surface area contributed by atoms with Crippen LogP contribution < -0.4 is 15.1 Å². The molecule has 3 aromatic heterocycles. The van der Waals surface area contributed by atoms with Gasteiger partial charge in [-0.2, -0.15) is 0 Å². The Morgan fingerprint density at radius 3 is 2.96 bits per heavy atom. The van der Waals surface area contributed by atoms with Gasteiger partial charge in [0.05, 0.1) is 23.6 Å². The van der Waals surface area contributed by atoms with Gasteiger partial charge in [-0.3, -0.25) is 19.9 Å². The second-order valence-corrected chi connectivity index (χ2v) is 7.19. The van der Waals surface area contributed by atoms with Crippen molar-refractivity contribution in [2.75, 3.05) is 28.2 Å². The average Bonchev–Trinajstić information content (AvgIpc) is 3.28. The summed E-state index contributed by atoms with van der Waals surface area (Å²) < 4.78 is 1.55. The summed E-state index contributed by atoms with van der Waals surface area (Å²) in [6, 6.07) is 7.84. The van der Waals surface area contributed by atoms with Crippen LogP contribution in [0.2, 0.25) is 0 Å². The number of hydrogen-bond acceptors (Lipinski definition) is 6. The molecule has 9 heteroatoms. The van der Waals surface area contributed by atoms with Gasteiger partial charge in [-0.15, -0.1) is 5.10 Å². The van der Waals surface area contributed by atoms with E-state index in [4.69, 9.17) is 4.98 Å². The smallest absolute Gasteiger partial charge is 0.329 e. The Morgan fingerprint density at radius 1 is 1.29 bits per heavy atom. The third-order valence-corrected chi connectivity index (χ3v) is 5.20. The third-order valence-electron chi connectivity index (χ3n) is 5.20. The highest BCUT2D eigenvalue weighted by molar-refractivity contribution is 6.04. The van der Waals surface area contributed by atoms with Crippen LogP contribution in [0, 0.1) is 6.92 Å². The first-order valence-electron chi connectivity index (χ1n) is 9.24. The van der Waals surface area contributed by atoms with E-state index in [0.717, 1.165) is 42.1 Å². The number of aryl methyl sites for hydroxylation is 2. The maximum Gasteiger partial charge on any atom is 0.329 e. The molecule has 0 spiro atoms. The number of urea groups is 1. The first-order valence-corrected chi connectivity index (χ1v) is 9.24. The Kier molecular flexibility index (Phi) is 3.75. The summed E-state index contributed by atoms with van der Waals surface area (Å²) in [5.41, 5.74) is 3.72. The first kappa shape index (κ1) is 16.7. The van der Waals surface area contributed by atoms with Crippen molar-refractivity contribution < 1.29 is 4.79 Å². The molecule has 9 nitrogen and oxygen atoms in total. The number of aromatic nitrogens is 5. The Morgan fingerprint density at radius 2 is 2.18 bits per heavy atom. The molecule has 0 saturated carbocycles. The molecule has 1 N–H and O–H groups in total. The summed E-state index contributed by atoms with van der Waals surface area (Å²) in [4.78, 5) is 26.3. The number of amides is 2. The van der Waals surface area contributed by atoms with E-state index >= 15 is 0 Å². The van der Waals surface area contributed by atoms with Gasteiger partial charge in [0, 0.05) is 37.6 Å². The van der Waals surface area contributed by atoms with Crippen LogP contribution in [0.1, 0.15) is 12.1 Å². The maximum absolute atomic E-state index is 13.1. The van der Waals surface area contributed by atoms with Crippen molar-refractivity contribution in [2.45, 2.75) is 19.4 Å². The van der Waals surface area contributed by atoms with Crippen molar-refractivity contribution in [2.24, 2.45) is 7.05 Å². The monoisotopic (exact) mass is 376 g/mol. The van der Waals surface area contributed by atoms with E-state index < -0.39 is 0 Å². The topological polar surface area (TPSA) is 92.1 Å². The maximum atomic E-state index is 13.1. The van der Waals surface area contributed by atoms with Crippen molar-refractivity contribution in [1.82, 2.24) is 25.0 Å². The predicted molar refractivity (Wildman–Crippen MR) is 105 cm³/mol. The summed E-state index contributed by atoms with van der Waals surface area (Å²) >= 11 is 0. The van der Waals surface area contributed by atoms with E-state index in [0.29, 0.717) is 11.6 Å². The highest BCUT2D eigenvalue weighted by Crippen LogP contribution is 2.40. The van der Waals surface area contributed by atoms with Gasteiger partial charge in [-0.25, -0.2) is 9.78 Å². The van der Waals surface area contributed by atoms with Crippen LogP contribution in [0.15, 0.2) is 36.7 Å². The van der Waals surface area contributed by atoms with E-state index in [1.807, 2.05) is 25.1 Å². The number of pyridine rings is 2. The van der Waals surface area contributed by atoms with E-state index in [-0.39, 0.29) is 12.1 Å². The highest BCUT2D eigenvalue weighted by Gasteiger charge is 2.40. The summed E-state index contributed by atoms with van der Waals surface area (Å²) in [5.74, 6) is 1.11. The van der Waals surface area contributed by atoms with Crippen molar-refractivity contribution in [3.8, 4) is 11.3 Å². The van der Waals surface area contributed by atoms with Gasteiger partial charge in [0.1, 0.15) is 0 Å². The van der Waals surface area contributed by atoms with E-state index in [9.17, 15) is 4.79 Å². The molecule has 5 rings (SSSR count). The number of carbonyl (C=O) groups excluding carboxylic acids is 1. The minimum Gasteiger partial charge on any atom is -0.366 e. The third kappa shape index (κ3) is 2.75. The largest absolute Gasteiger partial charge is 0.366 e. The normalized spacial score (nSPS) is 17.6. The molecule has 0 radical (unpaired) electrons. The molecule has 2 aliphatic rings. The lowest BCUT2D eigenvalue weighted by atomic mass is 10.1. The number of hydrogen-bond donors (Lipinski definition) is 1. The van der Waals surface area contributed by atoms with Gasteiger partial charge < -0.3 is 4.90 Å². The molecule has 0 aliphatic carbocycles. The van der Waals surface area contributed by atoms with Crippen LogP contribution >= 0.6 is 0 Å². The molecule has 142 valence electrons. The Bertz CT molecular complexity index is 1060. The second kappa shape index (κ2) is 6.29. The van der Waals surface area contributed by atoms with Gasteiger partial charge in [0.25, 0.3) is 0 Å². The molecule has 1 fully saturated rings. The number of fused-ring (bicyclic) bond motifs is 4. The SMILES string of the molecule is Cc1cc(-c2ccc3c(n2)N(C(=O)Nc2cn(C)nn2)C2CCN3C2)ccn1. The summed E-state index contributed by atoms with van der Waals surface area (Å²) in [6.07, 6.45) is 4.36. The summed E-state index contributed by atoms with van der Waals surface area (Å²) in [7, 11) is 1.76. The van der Waals surface area contributed by atoms with Gasteiger partial charge in [0.15, 0.2) is 11.6 Å². The minimum absolute atomic E-state index is 0.0890. The van der Waals surface area contributed by atoms with Crippen LogP contribution in [0.4, 0.5) is 22.1 Å². The number of rotatable bonds is 2. The highest BCUT2D eigenvalue weighted by atomic mass is 16.2. The fourth-order valence-electron chi connectivity index (χ4n) is 3.91. The Balaban J connectivity index is 1.54. The number of nitrogens with one attached hydrogen (secondary N) is 1. The molecule has 1 saturated heterocycles. The number of nitrogens with zero attached hydrogens (tertiary/aromatic N) is 7. The van der Waals surface area contributed by atoms with Crippen molar-refractivity contribution in [1.29, 1.82) is 0 Å². The zero-order chi connectivity index (χ0) is 19.3. The molecule has 2 amide bonds. The lowest BCUT2D eigenvalue weighted by Crippen LogP contribution is -2.48. The lowest BCUT2D eigenvalue weighted by Gasteiger charge is -2.35. The van der Waals surface area contributed by atoms with Gasteiger partial charge in [-0.05, 0) is 37.6 Å². The molecule has 2 bridgehead atoms. The number of carbonyl (C=O) groups is 1. The molecule has 2 aliphatic heterocycles. The molecular weight excluding hydrogens is 356 g/mol. The minimum atomic E-state index is -0.233. The zero-order valence-electron chi connectivity index (χ0n) is 15.7. The fraction of sp³-hybridized carbons (Fsp3) is 0.316. The molecule has 0 aromatic carbocycles. The van der Waals surface area contributed by atoms with Gasteiger partial charge in [-0.1, -0.05) is 5.21 Å². The molecule has 3 aromatic rings. The zero-order valence-corrected chi connectivity index (χ0v) is 15.7. The van der Waals surface area contributed by atoms with Gasteiger partial charge in [0.2, 0.25) is 0 Å². The van der Waals surface area contributed by atoms with Crippen LogP contribution in [-0.2, 0) is 7.05 Å². The van der Waals surface area contributed by atoms with E-state index in [1.54, 1.807) is 29.0 Å². The Labute approximate surface area is 162 Å². The lowest BCUT2D eigenvalue weighted by molar-refractivity contribution is 0.254.